The van der Waals surface area contributed by atoms with Crippen LogP contribution in [0, 0.1) is 0 Å². The van der Waals surface area contributed by atoms with Crippen LogP contribution in [0.4, 0.5) is 0 Å². The zero-order chi connectivity index (χ0) is 18.8. The molecule has 0 unspecified atom stereocenters. The molecule has 140 valence electrons. The van der Waals surface area contributed by atoms with E-state index in [-0.39, 0.29) is 24.8 Å². The summed E-state index contributed by atoms with van der Waals surface area (Å²) in [5.74, 6) is 1.42. The number of nitrogens with one attached hydrogen (secondary N) is 1. The van der Waals surface area contributed by atoms with Crippen molar-refractivity contribution in [1.82, 2.24) is 14.5 Å². The average molecular weight is 367 g/mol. The first-order valence-electron chi connectivity index (χ1n) is 8.93. The molecule has 0 saturated heterocycles. The number of hydrogen-bond acceptors (Lipinski definition) is 4. The Morgan fingerprint density at radius 1 is 1.11 bits per heavy atom. The summed E-state index contributed by atoms with van der Waals surface area (Å²) >= 11 is 0. The Bertz CT molecular complexity index is 1050. The predicted molar refractivity (Wildman–Crippen MR) is 101 cm³/mol. The van der Waals surface area contributed by atoms with Crippen molar-refractivity contribution < 1.29 is 14.3 Å². The van der Waals surface area contributed by atoms with Gasteiger partial charge in [-0.3, -0.25) is 13.9 Å². The molecule has 0 radical (unpaired) electrons. The Morgan fingerprint density at radius 2 is 1.89 bits per heavy atom. The molecule has 7 heteroatoms. The van der Waals surface area contributed by atoms with Crippen molar-refractivity contribution in [1.29, 1.82) is 0 Å². The number of nitrogens with zero attached hydrogens (tertiary/aromatic N) is 2. The van der Waals surface area contributed by atoms with Gasteiger partial charge in [-0.25, -0.2) is 4.79 Å². The molecule has 0 spiro atoms. The van der Waals surface area contributed by atoms with Crippen LogP contribution in [0.3, 0.4) is 0 Å². The standard InChI is InChI=1S/C20H21N3O4/c1-22-15-4-2-3-5-16(15)23(20(22)25)11-9-19(24)21-10-8-14-6-7-17-18(12-14)27-13-26-17/h2-7,12H,8-11,13H2,1H3,(H,21,24). The van der Waals surface area contributed by atoms with Crippen molar-refractivity contribution in [2.24, 2.45) is 7.05 Å². The highest BCUT2D eigenvalue weighted by Crippen LogP contribution is 2.32. The minimum absolute atomic E-state index is 0.0735. The summed E-state index contributed by atoms with van der Waals surface area (Å²) in [4.78, 5) is 24.5. The van der Waals surface area contributed by atoms with E-state index in [9.17, 15) is 9.59 Å². The fourth-order valence-electron chi connectivity index (χ4n) is 3.32. The zero-order valence-corrected chi connectivity index (χ0v) is 15.1. The van der Waals surface area contributed by atoms with E-state index in [2.05, 4.69) is 5.32 Å². The molecule has 2 heterocycles. The quantitative estimate of drug-likeness (QED) is 0.721. The minimum Gasteiger partial charge on any atom is -0.454 e. The lowest BCUT2D eigenvalue weighted by Gasteiger charge is -2.07. The van der Waals surface area contributed by atoms with E-state index in [1.54, 1.807) is 16.2 Å². The van der Waals surface area contributed by atoms with E-state index in [0.29, 0.717) is 19.5 Å². The van der Waals surface area contributed by atoms with Crippen LogP contribution in [0.5, 0.6) is 11.5 Å². The van der Waals surface area contributed by atoms with Gasteiger partial charge in [0.15, 0.2) is 11.5 Å². The number of rotatable bonds is 6. The van der Waals surface area contributed by atoms with Gasteiger partial charge in [-0.1, -0.05) is 18.2 Å². The van der Waals surface area contributed by atoms with Gasteiger partial charge in [0.25, 0.3) is 0 Å². The smallest absolute Gasteiger partial charge is 0.328 e. The summed E-state index contributed by atoms with van der Waals surface area (Å²) < 4.78 is 13.9. The van der Waals surface area contributed by atoms with Gasteiger partial charge < -0.3 is 14.8 Å². The number of amides is 1. The normalized spacial score (nSPS) is 12.5. The molecule has 2 aromatic carbocycles. The lowest BCUT2D eigenvalue weighted by Crippen LogP contribution is -2.29. The maximum atomic E-state index is 12.4. The van der Waals surface area contributed by atoms with Crippen molar-refractivity contribution in [3.63, 3.8) is 0 Å². The summed E-state index contributed by atoms with van der Waals surface area (Å²) in [6.45, 7) is 1.14. The number of benzene rings is 2. The maximum Gasteiger partial charge on any atom is 0.328 e. The third kappa shape index (κ3) is 3.40. The van der Waals surface area contributed by atoms with E-state index < -0.39 is 0 Å². The van der Waals surface area contributed by atoms with E-state index >= 15 is 0 Å². The molecule has 0 saturated carbocycles. The number of carbonyl (C=O) groups is 1. The van der Waals surface area contributed by atoms with Crippen molar-refractivity contribution in [2.75, 3.05) is 13.3 Å². The first kappa shape index (κ1) is 17.2. The van der Waals surface area contributed by atoms with Crippen LogP contribution in [0.25, 0.3) is 11.0 Å². The predicted octanol–water partition coefficient (Wildman–Crippen LogP) is 1.82. The Labute approximate surface area is 156 Å². The Morgan fingerprint density at radius 3 is 2.74 bits per heavy atom. The molecule has 0 bridgehead atoms. The van der Waals surface area contributed by atoms with Crippen LogP contribution in [-0.4, -0.2) is 28.4 Å². The van der Waals surface area contributed by atoms with Crippen LogP contribution < -0.4 is 20.5 Å². The molecule has 4 rings (SSSR count). The maximum absolute atomic E-state index is 12.4. The summed E-state index contributed by atoms with van der Waals surface area (Å²) in [6, 6.07) is 13.4. The molecule has 7 nitrogen and oxygen atoms in total. The van der Waals surface area contributed by atoms with Crippen LogP contribution in [0.2, 0.25) is 0 Å². The van der Waals surface area contributed by atoms with E-state index in [1.807, 2.05) is 42.5 Å². The minimum atomic E-state index is -0.107. The highest BCUT2D eigenvalue weighted by Gasteiger charge is 2.14. The number of carbonyl (C=O) groups excluding carboxylic acids is 1. The van der Waals surface area contributed by atoms with Crippen LogP contribution in [0.15, 0.2) is 47.3 Å². The van der Waals surface area contributed by atoms with Crippen LogP contribution >= 0.6 is 0 Å². The molecule has 0 fully saturated rings. The topological polar surface area (TPSA) is 74.5 Å². The van der Waals surface area contributed by atoms with Gasteiger partial charge in [0.2, 0.25) is 12.7 Å². The van der Waals surface area contributed by atoms with Crippen molar-refractivity contribution in [3.05, 3.63) is 58.5 Å². The second-order valence-electron chi connectivity index (χ2n) is 6.52. The highest BCUT2D eigenvalue weighted by atomic mass is 16.7. The van der Waals surface area contributed by atoms with Gasteiger partial charge in [-0.05, 0) is 36.2 Å². The highest BCUT2D eigenvalue weighted by molar-refractivity contribution is 5.77. The molecule has 3 aromatic rings. The van der Waals surface area contributed by atoms with Crippen molar-refractivity contribution in [3.8, 4) is 11.5 Å². The lowest BCUT2D eigenvalue weighted by atomic mass is 10.1. The zero-order valence-electron chi connectivity index (χ0n) is 15.1. The lowest BCUT2D eigenvalue weighted by molar-refractivity contribution is -0.121. The molecule has 1 aromatic heterocycles. The molecule has 27 heavy (non-hydrogen) atoms. The molecule has 1 aliphatic rings. The van der Waals surface area contributed by atoms with Gasteiger partial charge in [0.1, 0.15) is 0 Å². The number of ether oxygens (including phenoxy) is 2. The number of fused-ring (bicyclic) bond motifs is 2. The number of imidazole rings is 1. The largest absolute Gasteiger partial charge is 0.454 e. The first-order valence-corrected chi connectivity index (χ1v) is 8.93. The molecule has 0 aliphatic carbocycles. The van der Waals surface area contributed by atoms with Gasteiger partial charge in [-0.2, -0.15) is 0 Å². The molecule has 1 amide bonds. The van der Waals surface area contributed by atoms with Crippen LogP contribution in [0.1, 0.15) is 12.0 Å². The Balaban J connectivity index is 1.32. The number of para-hydroxylation sites is 2. The van der Waals surface area contributed by atoms with Gasteiger partial charge in [0, 0.05) is 26.6 Å². The molecule has 0 atom stereocenters. The summed E-state index contributed by atoms with van der Waals surface area (Å²) in [6.07, 6.45) is 0.964. The number of aryl methyl sites for hydroxylation is 2. The summed E-state index contributed by atoms with van der Waals surface area (Å²) in [7, 11) is 1.74. The fourth-order valence-corrected chi connectivity index (χ4v) is 3.32. The Kier molecular flexibility index (Phi) is 4.58. The van der Waals surface area contributed by atoms with Gasteiger partial charge >= 0.3 is 5.69 Å². The second-order valence-corrected chi connectivity index (χ2v) is 6.52. The third-order valence-corrected chi connectivity index (χ3v) is 4.79. The van der Waals surface area contributed by atoms with E-state index in [4.69, 9.17) is 9.47 Å². The van der Waals surface area contributed by atoms with Gasteiger partial charge in [-0.15, -0.1) is 0 Å². The number of hydrogen-bond donors (Lipinski definition) is 1. The fraction of sp³-hybridized carbons (Fsp3) is 0.300. The number of aromatic nitrogens is 2. The van der Waals surface area contributed by atoms with Crippen molar-refractivity contribution >= 4 is 16.9 Å². The Hall–Kier alpha value is -3.22. The monoisotopic (exact) mass is 367 g/mol. The second kappa shape index (κ2) is 7.19. The van der Waals surface area contributed by atoms with E-state index in [1.165, 1.54) is 0 Å². The summed E-state index contributed by atoms with van der Waals surface area (Å²) in [5.41, 5.74) is 2.68. The summed E-state index contributed by atoms with van der Waals surface area (Å²) in [5, 5.41) is 2.91. The molecular weight excluding hydrogens is 346 g/mol. The molecule has 1 N–H and O–H groups in total. The van der Waals surface area contributed by atoms with Gasteiger partial charge in [0.05, 0.1) is 11.0 Å². The van der Waals surface area contributed by atoms with Crippen molar-refractivity contribution in [2.45, 2.75) is 19.4 Å². The van der Waals surface area contributed by atoms with E-state index in [0.717, 1.165) is 28.1 Å². The average Bonchev–Trinajstić information content (AvgIpc) is 3.24. The molecular formula is C20H21N3O4. The first-order chi connectivity index (χ1) is 13.1. The molecule has 1 aliphatic heterocycles. The SMILES string of the molecule is Cn1c(=O)n(CCC(=O)NCCc2ccc3c(c2)OCO3)c2ccccc21. The third-order valence-electron chi connectivity index (χ3n) is 4.79. The van der Waals surface area contributed by atoms with Crippen LogP contribution in [-0.2, 0) is 24.8 Å².